The van der Waals surface area contributed by atoms with Gasteiger partial charge in [0.15, 0.2) is 17.3 Å². The number of carbonyl (C=O) groups excluding carboxylic acids is 1. The van der Waals surface area contributed by atoms with Crippen LogP contribution in [0.4, 0.5) is 5.95 Å². The van der Waals surface area contributed by atoms with Gasteiger partial charge in [-0.05, 0) is 36.6 Å². The molecule has 0 saturated carbocycles. The molecule has 3 aromatic rings. The molecule has 9 heteroatoms. The van der Waals surface area contributed by atoms with Crippen molar-refractivity contribution in [3.8, 4) is 11.5 Å². The van der Waals surface area contributed by atoms with E-state index in [1.807, 2.05) is 48.5 Å². The highest BCUT2D eigenvalue weighted by molar-refractivity contribution is 5.95. The molecule has 0 saturated heterocycles. The Hall–Kier alpha value is -3.85. The highest BCUT2D eigenvalue weighted by Gasteiger charge is 2.33. The van der Waals surface area contributed by atoms with Crippen molar-refractivity contribution in [2.45, 2.75) is 32.4 Å². The van der Waals surface area contributed by atoms with Crippen LogP contribution in [0, 0.1) is 0 Å². The number of nitrogens with one attached hydrogen (secondary N) is 1. The van der Waals surface area contributed by atoms with E-state index in [0.717, 1.165) is 11.1 Å². The van der Waals surface area contributed by atoms with Crippen LogP contribution in [0.25, 0.3) is 0 Å². The molecule has 0 fully saturated rings. The van der Waals surface area contributed by atoms with E-state index in [0.29, 0.717) is 54.0 Å². The molecular formula is C24H27N5O4. The summed E-state index contributed by atoms with van der Waals surface area (Å²) in [6, 6.07) is 14.8. The third-order valence-corrected chi connectivity index (χ3v) is 5.46. The average molecular weight is 450 g/mol. The van der Waals surface area contributed by atoms with E-state index in [1.54, 1.807) is 18.7 Å². The van der Waals surface area contributed by atoms with Crippen LogP contribution in [0.1, 0.15) is 36.3 Å². The second-order valence-corrected chi connectivity index (χ2v) is 7.74. The molecule has 0 unspecified atom stereocenters. The van der Waals surface area contributed by atoms with Gasteiger partial charge in [-0.2, -0.15) is 10.1 Å². The Morgan fingerprint density at radius 2 is 2.00 bits per heavy atom. The van der Waals surface area contributed by atoms with Crippen molar-refractivity contribution in [1.82, 2.24) is 14.8 Å². The minimum absolute atomic E-state index is 0.0478. The predicted molar refractivity (Wildman–Crippen MR) is 123 cm³/mol. The van der Waals surface area contributed by atoms with E-state index in [-0.39, 0.29) is 6.61 Å². The number of allylic oxidation sites excluding steroid dienone is 1. The molecule has 1 amide bonds. The first-order valence-corrected chi connectivity index (χ1v) is 10.7. The van der Waals surface area contributed by atoms with Gasteiger partial charge in [0.05, 0.1) is 12.7 Å². The number of methoxy groups -OCH3 is 1. The lowest BCUT2D eigenvalue weighted by atomic mass is 9.95. The smallest absolute Gasteiger partial charge is 0.248 e. The normalized spacial score (nSPS) is 15.1. The standard InChI is InChI=1S/C24H27N5O4/c1-15-21(23(25)31)22(29-24(26-15)27-20(28-29)9-6-12-30)17-10-11-18(19(13-17)32-2)33-14-16-7-4-3-5-8-16/h3-5,7-8,10-11,13,22,30H,6,9,12,14H2,1-2H3,(H2,25,31)(H,26,27,28)/t22-/m0/s1. The molecule has 1 aromatic heterocycles. The molecule has 33 heavy (non-hydrogen) atoms. The van der Waals surface area contributed by atoms with E-state index >= 15 is 0 Å². The maximum Gasteiger partial charge on any atom is 0.248 e. The van der Waals surface area contributed by atoms with Gasteiger partial charge in [0.2, 0.25) is 11.9 Å². The maximum atomic E-state index is 12.4. The molecule has 4 rings (SSSR count). The van der Waals surface area contributed by atoms with Crippen LogP contribution in [-0.4, -0.2) is 39.5 Å². The number of aryl methyl sites for hydroxylation is 1. The monoisotopic (exact) mass is 449 g/mol. The maximum absolute atomic E-state index is 12.4. The van der Waals surface area contributed by atoms with E-state index in [4.69, 9.17) is 20.3 Å². The summed E-state index contributed by atoms with van der Waals surface area (Å²) in [6.07, 6.45) is 1.07. The van der Waals surface area contributed by atoms with Gasteiger partial charge >= 0.3 is 0 Å². The molecule has 0 spiro atoms. The number of fused-ring (bicyclic) bond motifs is 1. The van der Waals surface area contributed by atoms with Crippen molar-refractivity contribution in [1.29, 1.82) is 0 Å². The molecule has 2 aromatic carbocycles. The Kier molecular flexibility index (Phi) is 6.60. The highest BCUT2D eigenvalue weighted by atomic mass is 16.5. The number of ether oxygens (including phenoxy) is 2. The zero-order valence-corrected chi connectivity index (χ0v) is 18.6. The zero-order chi connectivity index (χ0) is 23.4. The number of amides is 1. The minimum Gasteiger partial charge on any atom is -0.493 e. The van der Waals surface area contributed by atoms with Crippen LogP contribution in [0.3, 0.4) is 0 Å². The van der Waals surface area contributed by atoms with Gasteiger partial charge in [0.25, 0.3) is 0 Å². The second-order valence-electron chi connectivity index (χ2n) is 7.74. The molecule has 9 nitrogen and oxygen atoms in total. The molecule has 2 heterocycles. The number of aliphatic hydroxyl groups is 1. The van der Waals surface area contributed by atoms with Crippen LogP contribution >= 0.6 is 0 Å². The Balaban J connectivity index is 1.69. The fraction of sp³-hybridized carbons (Fsp3) is 0.292. The van der Waals surface area contributed by atoms with Crippen molar-refractivity contribution in [3.05, 3.63) is 76.8 Å². The molecule has 0 radical (unpaired) electrons. The number of primary amides is 1. The first kappa shape index (κ1) is 22.3. The van der Waals surface area contributed by atoms with E-state index in [9.17, 15) is 4.79 Å². The zero-order valence-electron chi connectivity index (χ0n) is 18.6. The number of nitrogens with zero attached hydrogens (tertiary/aromatic N) is 3. The van der Waals surface area contributed by atoms with Crippen LogP contribution in [-0.2, 0) is 17.8 Å². The number of nitrogens with two attached hydrogens (primary N) is 1. The summed E-state index contributed by atoms with van der Waals surface area (Å²) in [5, 5.41) is 16.8. The SMILES string of the molecule is COc1cc([C@H]2C(C(N)=O)=C(C)Nc3nc(CCCO)nn32)ccc1OCc1ccccc1. The molecule has 0 aliphatic carbocycles. The Morgan fingerprint density at radius 1 is 1.21 bits per heavy atom. The Bertz CT molecular complexity index is 1170. The number of rotatable bonds is 9. The van der Waals surface area contributed by atoms with Crippen LogP contribution in [0.2, 0.25) is 0 Å². The third-order valence-electron chi connectivity index (χ3n) is 5.46. The summed E-state index contributed by atoms with van der Waals surface area (Å²) in [4.78, 5) is 16.9. The fourth-order valence-corrected chi connectivity index (χ4v) is 3.87. The van der Waals surface area contributed by atoms with Gasteiger partial charge in [-0.25, -0.2) is 4.68 Å². The molecule has 1 aliphatic rings. The first-order valence-electron chi connectivity index (χ1n) is 10.7. The summed E-state index contributed by atoms with van der Waals surface area (Å²) in [6.45, 7) is 2.23. The summed E-state index contributed by atoms with van der Waals surface area (Å²) in [7, 11) is 1.57. The minimum atomic E-state index is -0.578. The van der Waals surface area contributed by atoms with E-state index in [2.05, 4.69) is 15.4 Å². The lowest BCUT2D eigenvalue weighted by Crippen LogP contribution is -2.31. The number of benzene rings is 2. The van der Waals surface area contributed by atoms with Crippen molar-refractivity contribution in [2.75, 3.05) is 19.0 Å². The summed E-state index contributed by atoms with van der Waals surface area (Å²) in [5.41, 5.74) is 8.56. The number of hydrogen-bond donors (Lipinski definition) is 3. The van der Waals surface area contributed by atoms with Crippen LogP contribution in [0.5, 0.6) is 11.5 Å². The quantitative estimate of drug-likeness (QED) is 0.458. The van der Waals surface area contributed by atoms with Crippen molar-refractivity contribution >= 4 is 11.9 Å². The topological polar surface area (TPSA) is 125 Å². The lowest BCUT2D eigenvalue weighted by Gasteiger charge is -2.28. The fourth-order valence-electron chi connectivity index (χ4n) is 3.87. The predicted octanol–water partition coefficient (Wildman–Crippen LogP) is 2.56. The van der Waals surface area contributed by atoms with Crippen molar-refractivity contribution in [2.24, 2.45) is 5.73 Å². The lowest BCUT2D eigenvalue weighted by molar-refractivity contribution is -0.115. The number of anilines is 1. The summed E-state index contributed by atoms with van der Waals surface area (Å²) < 4.78 is 13.2. The largest absolute Gasteiger partial charge is 0.493 e. The van der Waals surface area contributed by atoms with Crippen molar-refractivity contribution < 1.29 is 19.4 Å². The van der Waals surface area contributed by atoms with Crippen LogP contribution < -0.4 is 20.5 Å². The molecule has 4 N–H and O–H groups in total. The number of aliphatic hydroxyl groups excluding tert-OH is 1. The van der Waals surface area contributed by atoms with Crippen molar-refractivity contribution in [3.63, 3.8) is 0 Å². The average Bonchev–Trinajstić information content (AvgIpc) is 3.23. The van der Waals surface area contributed by atoms with E-state index in [1.165, 1.54) is 0 Å². The Labute approximate surface area is 191 Å². The van der Waals surface area contributed by atoms with E-state index < -0.39 is 11.9 Å². The van der Waals surface area contributed by atoms with Gasteiger partial charge in [-0.15, -0.1) is 0 Å². The third kappa shape index (κ3) is 4.68. The highest BCUT2D eigenvalue weighted by Crippen LogP contribution is 2.38. The molecular weight excluding hydrogens is 422 g/mol. The van der Waals surface area contributed by atoms with Gasteiger partial charge in [0, 0.05) is 18.7 Å². The van der Waals surface area contributed by atoms with Gasteiger partial charge in [0.1, 0.15) is 12.6 Å². The molecule has 1 atom stereocenters. The van der Waals surface area contributed by atoms with Gasteiger partial charge in [-0.3, -0.25) is 4.79 Å². The number of aromatic nitrogens is 3. The molecule has 1 aliphatic heterocycles. The molecule has 0 bridgehead atoms. The first-order chi connectivity index (χ1) is 16.0. The molecule has 172 valence electrons. The number of hydrogen-bond acceptors (Lipinski definition) is 7. The Morgan fingerprint density at radius 3 is 2.70 bits per heavy atom. The second kappa shape index (κ2) is 9.74. The summed E-state index contributed by atoms with van der Waals surface area (Å²) >= 11 is 0. The van der Waals surface area contributed by atoms with Gasteiger partial charge in [-0.1, -0.05) is 36.4 Å². The number of carbonyl (C=O) groups is 1. The van der Waals surface area contributed by atoms with Crippen LogP contribution in [0.15, 0.2) is 59.8 Å². The van der Waals surface area contributed by atoms with Gasteiger partial charge < -0.3 is 25.6 Å². The summed E-state index contributed by atoms with van der Waals surface area (Å²) in [5.74, 6) is 1.66.